The fourth-order valence-corrected chi connectivity index (χ4v) is 3.47. The Morgan fingerprint density at radius 2 is 1.71 bits per heavy atom. The summed E-state index contributed by atoms with van der Waals surface area (Å²) in [6.45, 7) is 7.09. The largest absolute Gasteiger partial charge is 0.378 e. The molecule has 1 saturated heterocycles. The molecule has 0 atom stereocenters. The number of anilines is 1. The lowest BCUT2D eigenvalue weighted by molar-refractivity contribution is 0.122. The first-order chi connectivity index (χ1) is 10.3. The van der Waals surface area contributed by atoms with E-state index in [4.69, 9.17) is 4.74 Å². The van der Waals surface area contributed by atoms with E-state index < -0.39 is 0 Å². The maximum absolute atomic E-state index is 5.41. The highest BCUT2D eigenvalue weighted by Crippen LogP contribution is 2.28. The van der Waals surface area contributed by atoms with Crippen LogP contribution in [0, 0.1) is 0 Å². The highest BCUT2D eigenvalue weighted by molar-refractivity contribution is 5.47. The van der Waals surface area contributed by atoms with Crippen molar-refractivity contribution in [2.45, 2.75) is 51.1 Å². The monoisotopic (exact) mass is 288 g/mol. The SMILES string of the molecule is CC1(NCc2ccc(N3CCOCC3)cc2)CCCCC1. The number of hydrogen-bond acceptors (Lipinski definition) is 3. The number of morpholine rings is 1. The van der Waals surface area contributed by atoms with Crippen LogP contribution in [0.1, 0.15) is 44.6 Å². The summed E-state index contributed by atoms with van der Waals surface area (Å²) in [5, 5.41) is 3.78. The molecule has 1 aromatic rings. The molecule has 3 heteroatoms. The topological polar surface area (TPSA) is 24.5 Å². The second-order valence-corrected chi connectivity index (χ2v) is 6.74. The van der Waals surface area contributed by atoms with Crippen molar-refractivity contribution in [1.82, 2.24) is 5.32 Å². The van der Waals surface area contributed by atoms with Crippen molar-refractivity contribution in [2.75, 3.05) is 31.2 Å². The van der Waals surface area contributed by atoms with Crippen LogP contribution in [-0.2, 0) is 11.3 Å². The summed E-state index contributed by atoms with van der Waals surface area (Å²) in [7, 11) is 0. The Kier molecular flexibility index (Phi) is 4.81. The molecule has 0 bridgehead atoms. The molecule has 0 spiro atoms. The van der Waals surface area contributed by atoms with Gasteiger partial charge in [0.1, 0.15) is 0 Å². The van der Waals surface area contributed by atoms with Crippen LogP contribution >= 0.6 is 0 Å². The van der Waals surface area contributed by atoms with E-state index in [-0.39, 0.29) is 0 Å². The molecule has 116 valence electrons. The molecular formula is C18H28N2O. The van der Waals surface area contributed by atoms with Crippen molar-refractivity contribution in [2.24, 2.45) is 0 Å². The summed E-state index contributed by atoms with van der Waals surface area (Å²) in [6.07, 6.45) is 6.79. The zero-order chi connectivity index (χ0) is 14.5. The minimum Gasteiger partial charge on any atom is -0.378 e. The Bertz CT molecular complexity index is 431. The number of nitrogens with zero attached hydrogens (tertiary/aromatic N) is 1. The minimum absolute atomic E-state index is 0.348. The number of benzene rings is 1. The van der Waals surface area contributed by atoms with E-state index in [2.05, 4.69) is 41.4 Å². The highest BCUT2D eigenvalue weighted by atomic mass is 16.5. The molecule has 0 radical (unpaired) electrons. The number of ether oxygens (including phenoxy) is 1. The van der Waals surface area contributed by atoms with Crippen molar-refractivity contribution in [3.8, 4) is 0 Å². The first-order valence-corrected chi connectivity index (χ1v) is 8.42. The average Bonchev–Trinajstić information content (AvgIpc) is 2.55. The zero-order valence-corrected chi connectivity index (χ0v) is 13.2. The van der Waals surface area contributed by atoms with E-state index in [1.54, 1.807) is 0 Å². The standard InChI is InChI=1S/C18H28N2O/c1-18(9-3-2-4-10-18)19-15-16-5-7-17(8-6-16)20-11-13-21-14-12-20/h5-8,19H,2-4,9-15H2,1H3. The molecule has 0 aromatic heterocycles. The van der Waals surface area contributed by atoms with Gasteiger partial charge in [-0.2, -0.15) is 0 Å². The summed E-state index contributed by atoms with van der Waals surface area (Å²) < 4.78 is 5.41. The lowest BCUT2D eigenvalue weighted by atomic mass is 9.83. The molecular weight excluding hydrogens is 260 g/mol. The van der Waals surface area contributed by atoms with Gasteiger partial charge in [0, 0.05) is 30.9 Å². The molecule has 1 aromatic carbocycles. The zero-order valence-electron chi connectivity index (χ0n) is 13.2. The predicted molar refractivity (Wildman–Crippen MR) is 87.8 cm³/mol. The maximum atomic E-state index is 5.41. The van der Waals surface area contributed by atoms with Gasteiger partial charge in [-0.15, -0.1) is 0 Å². The summed E-state index contributed by atoms with van der Waals surface area (Å²) in [6, 6.07) is 9.05. The molecule has 1 aliphatic carbocycles. The second kappa shape index (κ2) is 6.80. The van der Waals surface area contributed by atoms with E-state index in [1.807, 2.05) is 0 Å². The quantitative estimate of drug-likeness (QED) is 0.919. The van der Waals surface area contributed by atoms with E-state index >= 15 is 0 Å². The van der Waals surface area contributed by atoms with Crippen molar-refractivity contribution in [3.05, 3.63) is 29.8 Å². The second-order valence-electron chi connectivity index (χ2n) is 6.74. The van der Waals surface area contributed by atoms with Gasteiger partial charge in [0.25, 0.3) is 0 Å². The van der Waals surface area contributed by atoms with Gasteiger partial charge in [-0.3, -0.25) is 0 Å². The maximum Gasteiger partial charge on any atom is 0.0642 e. The van der Waals surface area contributed by atoms with E-state index in [0.29, 0.717) is 5.54 Å². The molecule has 1 saturated carbocycles. The van der Waals surface area contributed by atoms with Crippen LogP contribution < -0.4 is 10.2 Å². The Morgan fingerprint density at radius 1 is 1.05 bits per heavy atom. The molecule has 3 nitrogen and oxygen atoms in total. The van der Waals surface area contributed by atoms with E-state index in [0.717, 1.165) is 32.8 Å². The first-order valence-electron chi connectivity index (χ1n) is 8.42. The molecule has 0 unspecified atom stereocenters. The summed E-state index contributed by atoms with van der Waals surface area (Å²) in [4.78, 5) is 2.41. The Hall–Kier alpha value is -1.06. The molecule has 2 fully saturated rings. The lowest BCUT2D eigenvalue weighted by Crippen LogP contribution is -2.43. The predicted octanol–water partition coefficient (Wildman–Crippen LogP) is 3.34. The van der Waals surface area contributed by atoms with E-state index in [1.165, 1.54) is 43.4 Å². The van der Waals surface area contributed by atoms with Gasteiger partial charge in [0.05, 0.1) is 13.2 Å². The highest BCUT2D eigenvalue weighted by Gasteiger charge is 2.25. The average molecular weight is 288 g/mol. The molecule has 3 rings (SSSR count). The van der Waals surface area contributed by atoms with Crippen LogP contribution in [0.25, 0.3) is 0 Å². The molecule has 0 amide bonds. The Balaban J connectivity index is 1.54. The molecule has 1 heterocycles. The Labute approximate surface area is 128 Å². The molecule has 2 aliphatic rings. The van der Waals surface area contributed by atoms with Crippen molar-refractivity contribution in [1.29, 1.82) is 0 Å². The lowest BCUT2D eigenvalue weighted by Gasteiger charge is -2.35. The van der Waals surface area contributed by atoms with Crippen LogP contribution in [0.4, 0.5) is 5.69 Å². The van der Waals surface area contributed by atoms with E-state index in [9.17, 15) is 0 Å². The smallest absolute Gasteiger partial charge is 0.0642 e. The van der Waals surface area contributed by atoms with Gasteiger partial charge in [0.15, 0.2) is 0 Å². The fourth-order valence-electron chi connectivity index (χ4n) is 3.47. The van der Waals surface area contributed by atoms with Gasteiger partial charge < -0.3 is 15.0 Å². The fraction of sp³-hybridized carbons (Fsp3) is 0.667. The van der Waals surface area contributed by atoms with Crippen LogP contribution in [0.15, 0.2) is 24.3 Å². The first kappa shape index (κ1) is 14.9. The van der Waals surface area contributed by atoms with Crippen molar-refractivity contribution in [3.63, 3.8) is 0 Å². The Morgan fingerprint density at radius 3 is 2.38 bits per heavy atom. The normalized spacial score (nSPS) is 22.2. The van der Waals surface area contributed by atoms with Gasteiger partial charge in [-0.25, -0.2) is 0 Å². The van der Waals surface area contributed by atoms with Crippen LogP contribution in [0.5, 0.6) is 0 Å². The third-order valence-corrected chi connectivity index (χ3v) is 4.99. The summed E-state index contributed by atoms with van der Waals surface area (Å²) in [5.41, 5.74) is 3.06. The summed E-state index contributed by atoms with van der Waals surface area (Å²) in [5.74, 6) is 0. The molecule has 21 heavy (non-hydrogen) atoms. The van der Waals surface area contributed by atoms with Gasteiger partial charge in [0.2, 0.25) is 0 Å². The van der Waals surface area contributed by atoms with Crippen molar-refractivity contribution >= 4 is 5.69 Å². The van der Waals surface area contributed by atoms with Gasteiger partial charge in [-0.05, 0) is 37.5 Å². The molecule has 1 N–H and O–H groups in total. The number of nitrogens with one attached hydrogen (secondary N) is 1. The third kappa shape index (κ3) is 3.98. The van der Waals surface area contributed by atoms with Crippen LogP contribution in [0.2, 0.25) is 0 Å². The summed E-state index contributed by atoms with van der Waals surface area (Å²) >= 11 is 0. The number of rotatable bonds is 4. The number of hydrogen-bond donors (Lipinski definition) is 1. The van der Waals surface area contributed by atoms with Crippen LogP contribution in [-0.4, -0.2) is 31.8 Å². The van der Waals surface area contributed by atoms with Gasteiger partial charge >= 0.3 is 0 Å². The molecule has 1 aliphatic heterocycles. The minimum atomic E-state index is 0.348. The van der Waals surface area contributed by atoms with Gasteiger partial charge in [-0.1, -0.05) is 31.4 Å². The third-order valence-electron chi connectivity index (χ3n) is 4.99. The van der Waals surface area contributed by atoms with Crippen LogP contribution in [0.3, 0.4) is 0 Å². The van der Waals surface area contributed by atoms with Crippen molar-refractivity contribution < 1.29 is 4.74 Å².